The summed E-state index contributed by atoms with van der Waals surface area (Å²) in [5.41, 5.74) is 0. The topological polar surface area (TPSA) is 81.0 Å². The summed E-state index contributed by atoms with van der Waals surface area (Å²) in [4.78, 5) is 28.7. The number of hydrogen-bond donors (Lipinski definition) is 0. The van der Waals surface area contributed by atoms with E-state index in [1.165, 1.54) is 6.26 Å². The molecular formula is C19H35N4O4S+. The molecule has 4 unspecified atom stereocenters. The molecule has 1 amide bonds. The molecule has 0 radical (unpaired) electrons. The van der Waals surface area contributed by atoms with Crippen molar-refractivity contribution in [3.63, 3.8) is 0 Å². The molecule has 8 nitrogen and oxygen atoms in total. The van der Waals surface area contributed by atoms with E-state index in [-0.39, 0.29) is 23.9 Å². The van der Waals surface area contributed by atoms with Crippen LogP contribution in [0.15, 0.2) is 0 Å². The fourth-order valence-electron chi connectivity index (χ4n) is 5.51. The molecule has 0 aromatic heterocycles. The third-order valence-corrected chi connectivity index (χ3v) is 8.49. The number of piperidine rings is 2. The van der Waals surface area contributed by atoms with Crippen LogP contribution in [0.5, 0.6) is 0 Å². The molecule has 3 fully saturated rings. The Balaban J connectivity index is 1.71. The predicted octanol–water partition coefficient (Wildman–Crippen LogP) is 1.32. The Hall–Kier alpha value is -1.22. The maximum Gasteiger partial charge on any atom is 0.245 e. The van der Waals surface area contributed by atoms with Crippen LogP contribution in [-0.2, 0) is 14.8 Å². The number of carbonyl (C=O) groups is 1. The van der Waals surface area contributed by atoms with E-state index in [1.807, 2.05) is 30.7 Å². The van der Waals surface area contributed by atoms with Crippen molar-refractivity contribution in [3.05, 3.63) is 4.91 Å². The summed E-state index contributed by atoms with van der Waals surface area (Å²) in [5.74, 6) is 0.740. The van der Waals surface area contributed by atoms with Crippen molar-refractivity contribution in [2.45, 2.75) is 58.5 Å². The number of amides is 1. The molecule has 3 heterocycles. The lowest BCUT2D eigenvalue weighted by atomic mass is 9.74. The molecule has 3 aliphatic rings. The summed E-state index contributed by atoms with van der Waals surface area (Å²) in [6, 6.07) is -0.365. The summed E-state index contributed by atoms with van der Waals surface area (Å²) in [6.07, 6.45) is 4.81. The average molecular weight is 416 g/mol. The van der Waals surface area contributed by atoms with Gasteiger partial charge in [-0.3, -0.25) is 4.79 Å². The first-order chi connectivity index (χ1) is 13.2. The van der Waals surface area contributed by atoms with Crippen LogP contribution in [-0.4, -0.2) is 84.5 Å². The first-order valence-corrected chi connectivity index (χ1v) is 12.5. The Morgan fingerprint density at radius 2 is 1.64 bits per heavy atom. The lowest BCUT2D eigenvalue weighted by molar-refractivity contribution is -0.716. The molecule has 3 saturated heterocycles. The van der Waals surface area contributed by atoms with Crippen LogP contribution in [0.25, 0.3) is 0 Å². The summed E-state index contributed by atoms with van der Waals surface area (Å²) < 4.78 is 25.1. The fraction of sp³-hybridized carbons (Fsp3) is 0.947. The van der Waals surface area contributed by atoms with E-state index in [4.69, 9.17) is 0 Å². The van der Waals surface area contributed by atoms with Gasteiger partial charge < -0.3 is 4.90 Å². The third kappa shape index (κ3) is 3.92. The van der Waals surface area contributed by atoms with E-state index in [0.717, 1.165) is 30.6 Å². The van der Waals surface area contributed by atoms with E-state index < -0.39 is 10.0 Å². The molecule has 28 heavy (non-hydrogen) atoms. The maximum atomic E-state index is 13.1. The smallest absolute Gasteiger partial charge is 0.245 e. The molecule has 3 aliphatic heterocycles. The Morgan fingerprint density at radius 1 is 1.07 bits per heavy atom. The second-order valence-corrected chi connectivity index (χ2v) is 10.6. The zero-order chi connectivity index (χ0) is 20.6. The summed E-state index contributed by atoms with van der Waals surface area (Å²) in [7, 11) is -3.12. The van der Waals surface area contributed by atoms with Crippen LogP contribution < -0.4 is 0 Å². The van der Waals surface area contributed by atoms with Gasteiger partial charge in [-0.25, -0.2) is 12.7 Å². The van der Waals surface area contributed by atoms with Crippen LogP contribution in [0.3, 0.4) is 0 Å². The summed E-state index contributed by atoms with van der Waals surface area (Å²) in [5, 5.41) is 1.87. The highest BCUT2D eigenvalue weighted by molar-refractivity contribution is 7.88. The number of rotatable bonds is 5. The lowest BCUT2D eigenvalue weighted by Gasteiger charge is -2.39. The molecule has 0 bridgehead atoms. The van der Waals surface area contributed by atoms with Crippen molar-refractivity contribution < 1.29 is 18.1 Å². The molecule has 0 N–H and O–H groups in total. The highest BCUT2D eigenvalue weighted by Gasteiger charge is 2.59. The minimum Gasteiger partial charge on any atom is -0.343 e. The Morgan fingerprint density at radius 3 is 2.18 bits per heavy atom. The summed E-state index contributed by atoms with van der Waals surface area (Å²) >= 11 is 0. The SMILES string of the molecule is CCN(CC)C(=O)C1C2CC(C3CCN(S(C)(=O)=O)CC3)CCN2[N+](=O)C1C. The molecule has 0 saturated carbocycles. The van der Waals surface area contributed by atoms with Crippen molar-refractivity contribution in [1.29, 1.82) is 0 Å². The Labute approximate surface area is 168 Å². The highest BCUT2D eigenvalue weighted by Crippen LogP contribution is 2.41. The van der Waals surface area contributed by atoms with Gasteiger partial charge in [0.15, 0.2) is 0 Å². The van der Waals surface area contributed by atoms with Crippen molar-refractivity contribution in [3.8, 4) is 0 Å². The van der Waals surface area contributed by atoms with Gasteiger partial charge >= 0.3 is 0 Å². The third-order valence-electron chi connectivity index (χ3n) is 7.19. The molecule has 0 aromatic carbocycles. The lowest BCUT2D eigenvalue weighted by Crippen LogP contribution is -2.49. The van der Waals surface area contributed by atoms with E-state index >= 15 is 0 Å². The van der Waals surface area contributed by atoms with Gasteiger partial charge in [-0.2, -0.15) is 0 Å². The molecule has 9 heteroatoms. The Bertz CT molecular complexity index is 701. The standard InChI is InChI=1S/C19H35N4O4S/c1-5-20(6-2)19(24)18-14(3)23(25)22-12-9-16(13-17(18)22)15-7-10-21(11-8-15)28(4,26)27/h14-18H,5-13H2,1-4H3/q+1. The predicted molar refractivity (Wildman–Crippen MR) is 107 cm³/mol. The second kappa shape index (κ2) is 8.26. The Kier molecular flexibility index (Phi) is 6.34. The van der Waals surface area contributed by atoms with Gasteiger partial charge in [0, 0.05) is 33.1 Å². The number of nitrogens with zero attached hydrogens (tertiary/aromatic N) is 4. The summed E-state index contributed by atoms with van der Waals surface area (Å²) in [6.45, 7) is 9.02. The van der Waals surface area contributed by atoms with E-state index in [0.29, 0.717) is 44.6 Å². The van der Waals surface area contributed by atoms with E-state index in [1.54, 1.807) is 4.31 Å². The molecule has 4 atom stereocenters. The molecular weight excluding hydrogens is 380 g/mol. The molecule has 0 spiro atoms. The van der Waals surface area contributed by atoms with Crippen LogP contribution >= 0.6 is 0 Å². The van der Waals surface area contributed by atoms with Gasteiger partial charge in [0.25, 0.3) is 0 Å². The van der Waals surface area contributed by atoms with Gasteiger partial charge in [0.2, 0.25) is 22.0 Å². The number of fused-ring (bicyclic) bond motifs is 1. The van der Waals surface area contributed by atoms with Crippen molar-refractivity contribution >= 4 is 15.9 Å². The largest absolute Gasteiger partial charge is 0.343 e. The maximum absolute atomic E-state index is 13.1. The molecule has 160 valence electrons. The van der Waals surface area contributed by atoms with Gasteiger partial charge in [-0.1, -0.05) is 0 Å². The number of nitroso groups, excluding NO2 is 1. The van der Waals surface area contributed by atoms with Gasteiger partial charge in [-0.15, -0.1) is 5.01 Å². The van der Waals surface area contributed by atoms with Crippen LogP contribution in [0.2, 0.25) is 0 Å². The highest BCUT2D eigenvalue weighted by atomic mass is 32.2. The van der Waals surface area contributed by atoms with Gasteiger partial charge in [-0.05, 0) is 51.4 Å². The van der Waals surface area contributed by atoms with E-state index in [9.17, 15) is 18.1 Å². The van der Waals surface area contributed by atoms with Crippen molar-refractivity contribution in [2.24, 2.45) is 17.8 Å². The van der Waals surface area contributed by atoms with Crippen molar-refractivity contribution in [1.82, 2.24) is 14.2 Å². The van der Waals surface area contributed by atoms with Crippen LogP contribution in [0.1, 0.15) is 46.5 Å². The van der Waals surface area contributed by atoms with E-state index in [2.05, 4.69) is 0 Å². The minimum atomic E-state index is -3.12. The molecule has 3 rings (SSSR count). The van der Waals surface area contributed by atoms with Crippen molar-refractivity contribution in [2.75, 3.05) is 39.0 Å². The fourth-order valence-corrected chi connectivity index (χ4v) is 6.38. The average Bonchev–Trinajstić information content (AvgIpc) is 2.92. The second-order valence-electron chi connectivity index (χ2n) is 8.59. The van der Waals surface area contributed by atoms with Crippen LogP contribution in [0.4, 0.5) is 0 Å². The molecule has 0 aliphatic carbocycles. The number of hydrogen-bond acceptors (Lipinski definition) is 4. The number of sulfonamides is 1. The van der Waals surface area contributed by atoms with Gasteiger partial charge in [0.1, 0.15) is 16.8 Å². The normalized spacial score (nSPS) is 32.4. The van der Waals surface area contributed by atoms with Gasteiger partial charge in [0.05, 0.1) is 17.7 Å². The molecule has 0 aromatic rings. The number of carbonyl (C=O) groups excluding carboxylic acids is 1. The first kappa shape index (κ1) is 21.5. The monoisotopic (exact) mass is 415 g/mol. The zero-order valence-electron chi connectivity index (χ0n) is 17.6. The zero-order valence-corrected chi connectivity index (χ0v) is 18.4. The first-order valence-electron chi connectivity index (χ1n) is 10.7. The number of hydrazine groups is 1. The van der Waals surface area contributed by atoms with Crippen LogP contribution in [0, 0.1) is 22.7 Å². The quantitative estimate of drug-likeness (QED) is 0.633. The minimum absolute atomic E-state index is 0.0349.